The zero-order chi connectivity index (χ0) is 16.5. The highest BCUT2D eigenvalue weighted by molar-refractivity contribution is 6.05. The van der Waals surface area contributed by atoms with E-state index in [4.69, 9.17) is 4.74 Å². The van der Waals surface area contributed by atoms with Gasteiger partial charge in [-0.3, -0.25) is 19.7 Å². The lowest BCUT2D eigenvalue weighted by Crippen LogP contribution is -2.62. The normalized spacial score (nSPS) is 26.8. The van der Waals surface area contributed by atoms with Gasteiger partial charge in [-0.05, 0) is 29.7 Å². The van der Waals surface area contributed by atoms with E-state index in [-0.39, 0.29) is 29.7 Å². The van der Waals surface area contributed by atoms with Crippen molar-refractivity contribution in [3.05, 3.63) is 28.8 Å². The first-order valence-corrected chi connectivity index (χ1v) is 8.25. The summed E-state index contributed by atoms with van der Waals surface area (Å²) in [5.74, 6) is 0.0750. The molecule has 24 heavy (non-hydrogen) atoms. The SMILES string of the molecule is O=C1CCC(N2Cc3cc4c(cc3C2=O)CC2(CNC2)O4)C(=O)N1. The van der Waals surface area contributed by atoms with Crippen LogP contribution in [0.5, 0.6) is 5.75 Å². The highest BCUT2D eigenvalue weighted by atomic mass is 16.5. The Morgan fingerprint density at radius 1 is 1.17 bits per heavy atom. The highest BCUT2D eigenvalue weighted by Gasteiger charge is 2.46. The number of hydrogen-bond acceptors (Lipinski definition) is 5. The van der Waals surface area contributed by atoms with Crippen molar-refractivity contribution in [2.75, 3.05) is 13.1 Å². The zero-order valence-corrected chi connectivity index (χ0v) is 13.1. The van der Waals surface area contributed by atoms with Gasteiger partial charge >= 0.3 is 0 Å². The van der Waals surface area contributed by atoms with E-state index >= 15 is 0 Å². The minimum Gasteiger partial charge on any atom is -0.484 e. The first-order valence-electron chi connectivity index (χ1n) is 8.25. The number of amides is 3. The Morgan fingerprint density at radius 3 is 2.71 bits per heavy atom. The first kappa shape index (κ1) is 14.0. The Bertz CT molecular complexity index is 799. The van der Waals surface area contributed by atoms with Crippen LogP contribution in [0.25, 0.3) is 0 Å². The van der Waals surface area contributed by atoms with E-state index < -0.39 is 6.04 Å². The van der Waals surface area contributed by atoms with Crippen LogP contribution < -0.4 is 15.4 Å². The largest absolute Gasteiger partial charge is 0.484 e. The molecule has 1 aromatic carbocycles. The van der Waals surface area contributed by atoms with Crippen molar-refractivity contribution in [3.63, 3.8) is 0 Å². The molecule has 7 nitrogen and oxygen atoms in total. The number of ether oxygens (including phenoxy) is 1. The fraction of sp³-hybridized carbons (Fsp3) is 0.471. The van der Waals surface area contributed by atoms with Crippen LogP contribution in [0.1, 0.15) is 34.3 Å². The lowest BCUT2D eigenvalue weighted by molar-refractivity contribution is -0.136. The molecule has 0 bridgehead atoms. The molecule has 124 valence electrons. The molecule has 1 aromatic rings. The quantitative estimate of drug-likeness (QED) is 0.693. The van der Waals surface area contributed by atoms with Crippen molar-refractivity contribution >= 4 is 17.7 Å². The molecule has 4 aliphatic rings. The van der Waals surface area contributed by atoms with Gasteiger partial charge in [0.1, 0.15) is 17.4 Å². The van der Waals surface area contributed by atoms with Gasteiger partial charge in [0.25, 0.3) is 5.91 Å². The predicted molar refractivity (Wildman–Crippen MR) is 82.4 cm³/mol. The number of rotatable bonds is 1. The van der Waals surface area contributed by atoms with Gasteiger partial charge in [0.05, 0.1) is 0 Å². The molecular formula is C17H17N3O4. The number of nitrogens with zero attached hydrogens (tertiary/aromatic N) is 1. The maximum atomic E-state index is 12.8. The number of fused-ring (bicyclic) bond motifs is 2. The molecule has 0 radical (unpaired) electrons. The van der Waals surface area contributed by atoms with Gasteiger partial charge in [-0.15, -0.1) is 0 Å². The molecule has 5 rings (SSSR count). The van der Waals surface area contributed by atoms with E-state index in [0.717, 1.165) is 36.4 Å². The van der Waals surface area contributed by atoms with Crippen LogP contribution in [0.3, 0.4) is 0 Å². The maximum Gasteiger partial charge on any atom is 0.255 e. The van der Waals surface area contributed by atoms with E-state index in [2.05, 4.69) is 10.6 Å². The van der Waals surface area contributed by atoms with Crippen LogP contribution >= 0.6 is 0 Å². The molecule has 0 saturated carbocycles. The van der Waals surface area contributed by atoms with Crippen LogP contribution in [0.15, 0.2) is 12.1 Å². The monoisotopic (exact) mass is 327 g/mol. The summed E-state index contributed by atoms with van der Waals surface area (Å²) in [5.41, 5.74) is 2.48. The van der Waals surface area contributed by atoms with Crippen molar-refractivity contribution < 1.29 is 19.1 Å². The van der Waals surface area contributed by atoms with Gasteiger partial charge in [-0.1, -0.05) is 0 Å². The molecule has 2 fully saturated rings. The lowest BCUT2D eigenvalue weighted by atomic mass is 9.90. The number of carbonyl (C=O) groups excluding carboxylic acids is 3. The Kier molecular flexibility index (Phi) is 2.66. The Labute approximate surface area is 138 Å². The summed E-state index contributed by atoms with van der Waals surface area (Å²) in [7, 11) is 0. The average molecular weight is 327 g/mol. The number of carbonyl (C=O) groups is 3. The molecule has 0 aromatic heterocycles. The molecule has 3 amide bonds. The second-order valence-corrected chi connectivity index (χ2v) is 7.08. The van der Waals surface area contributed by atoms with Crippen LogP contribution in [0.4, 0.5) is 0 Å². The van der Waals surface area contributed by atoms with Crippen LogP contribution in [0.2, 0.25) is 0 Å². The maximum absolute atomic E-state index is 12.8. The van der Waals surface area contributed by atoms with Gasteiger partial charge in [0, 0.05) is 38.0 Å². The standard InChI is InChI=1S/C17H17N3O4/c21-14-2-1-12(15(22)19-14)20-6-10-4-13-9(3-11(10)16(20)23)5-17(24-13)7-18-8-17/h3-4,12,18H,1-2,5-8H2,(H,19,21,22). The number of imide groups is 1. The van der Waals surface area contributed by atoms with E-state index in [1.807, 2.05) is 12.1 Å². The van der Waals surface area contributed by atoms with E-state index in [9.17, 15) is 14.4 Å². The molecule has 2 N–H and O–H groups in total. The van der Waals surface area contributed by atoms with Crippen molar-refractivity contribution in [3.8, 4) is 5.75 Å². The first-order chi connectivity index (χ1) is 11.5. The Morgan fingerprint density at radius 2 is 2.00 bits per heavy atom. The Hall–Kier alpha value is -2.41. The highest BCUT2D eigenvalue weighted by Crippen LogP contribution is 2.41. The summed E-state index contributed by atoms with van der Waals surface area (Å²) in [6, 6.07) is 3.30. The van der Waals surface area contributed by atoms with Gasteiger partial charge in [0.2, 0.25) is 11.8 Å². The van der Waals surface area contributed by atoms with E-state index in [0.29, 0.717) is 18.5 Å². The van der Waals surface area contributed by atoms with Crippen LogP contribution in [0, 0.1) is 0 Å². The van der Waals surface area contributed by atoms with Gasteiger partial charge in [-0.2, -0.15) is 0 Å². The predicted octanol–water partition coefficient (Wildman–Crippen LogP) is -0.275. The molecule has 4 aliphatic heterocycles. The summed E-state index contributed by atoms with van der Waals surface area (Å²) < 4.78 is 6.09. The summed E-state index contributed by atoms with van der Waals surface area (Å²) in [6.07, 6.45) is 1.47. The van der Waals surface area contributed by atoms with Gasteiger partial charge in [0.15, 0.2) is 0 Å². The smallest absolute Gasteiger partial charge is 0.255 e. The Balaban J connectivity index is 1.43. The molecule has 1 unspecified atom stereocenters. The molecule has 1 atom stereocenters. The molecule has 1 spiro atoms. The number of piperidine rings is 1. The number of benzene rings is 1. The van der Waals surface area contributed by atoms with Gasteiger partial charge in [-0.25, -0.2) is 0 Å². The summed E-state index contributed by atoms with van der Waals surface area (Å²) >= 11 is 0. The molecule has 2 saturated heterocycles. The van der Waals surface area contributed by atoms with Crippen LogP contribution in [-0.2, 0) is 22.6 Å². The summed E-state index contributed by atoms with van der Waals surface area (Å²) in [6.45, 7) is 2.06. The average Bonchev–Trinajstić information content (AvgIpc) is 3.04. The van der Waals surface area contributed by atoms with Crippen molar-refractivity contribution in [1.82, 2.24) is 15.5 Å². The molecule has 0 aliphatic carbocycles. The topological polar surface area (TPSA) is 87.7 Å². The second-order valence-electron chi connectivity index (χ2n) is 7.08. The molecular weight excluding hydrogens is 310 g/mol. The number of nitrogens with one attached hydrogen (secondary N) is 2. The van der Waals surface area contributed by atoms with Crippen LogP contribution in [-0.4, -0.2) is 47.4 Å². The fourth-order valence-corrected chi connectivity index (χ4v) is 4.09. The van der Waals surface area contributed by atoms with Crippen molar-refractivity contribution in [2.45, 2.75) is 37.5 Å². The van der Waals surface area contributed by atoms with Gasteiger partial charge < -0.3 is 15.0 Å². The van der Waals surface area contributed by atoms with E-state index in [1.54, 1.807) is 4.90 Å². The minimum atomic E-state index is -0.569. The second kappa shape index (κ2) is 4.57. The minimum absolute atomic E-state index is 0.130. The lowest BCUT2D eigenvalue weighted by Gasteiger charge is -2.38. The summed E-state index contributed by atoms with van der Waals surface area (Å²) in [5, 5.41) is 5.55. The third kappa shape index (κ3) is 1.84. The number of hydrogen-bond donors (Lipinski definition) is 2. The zero-order valence-electron chi connectivity index (χ0n) is 13.1. The fourth-order valence-electron chi connectivity index (χ4n) is 4.09. The van der Waals surface area contributed by atoms with Crippen molar-refractivity contribution in [1.29, 1.82) is 0 Å². The molecule has 4 heterocycles. The third-order valence-electron chi connectivity index (χ3n) is 5.44. The van der Waals surface area contributed by atoms with Crippen molar-refractivity contribution in [2.24, 2.45) is 0 Å². The summed E-state index contributed by atoms with van der Waals surface area (Å²) in [4.78, 5) is 37.7. The molecule has 7 heteroatoms. The third-order valence-corrected chi connectivity index (χ3v) is 5.44. The van der Waals surface area contributed by atoms with E-state index in [1.165, 1.54) is 0 Å².